The van der Waals surface area contributed by atoms with Gasteiger partial charge < -0.3 is 0 Å². The molecule has 0 aromatic heterocycles. The Hall–Kier alpha value is -1.15. The Morgan fingerprint density at radius 2 is 1.82 bits per heavy atom. The molecule has 0 unspecified atom stereocenters. The van der Waals surface area contributed by atoms with Gasteiger partial charge in [-0.15, -0.1) is 0 Å². The second kappa shape index (κ2) is 6.54. The average molecular weight is 326 g/mol. The van der Waals surface area contributed by atoms with Crippen molar-refractivity contribution in [3.63, 3.8) is 0 Å². The van der Waals surface area contributed by atoms with Gasteiger partial charge >= 0.3 is 142 Å². The molecule has 0 heterocycles. The summed E-state index contributed by atoms with van der Waals surface area (Å²) in [7, 11) is 0. The third kappa shape index (κ3) is 2.99. The van der Waals surface area contributed by atoms with Gasteiger partial charge in [-0.25, -0.2) is 0 Å². The zero-order valence-corrected chi connectivity index (χ0v) is 15.3. The Balaban J connectivity index is 2.15. The van der Waals surface area contributed by atoms with Gasteiger partial charge in [-0.1, -0.05) is 0 Å². The van der Waals surface area contributed by atoms with Crippen molar-refractivity contribution in [2.24, 2.45) is 0 Å². The van der Waals surface area contributed by atoms with Gasteiger partial charge in [-0.2, -0.15) is 0 Å². The molecule has 1 aliphatic rings. The summed E-state index contributed by atoms with van der Waals surface area (Å²) in [4.78, 5) is 0. The average Bonchev–Trinajstić information content (AvgIpc) is 2.84. The van der Waals surface area contributed by atoms with Gasteiger partial charge in [0.15, 0.2) is 0 Å². The monoisotopic (exact) mass is 326 g/mol. The molecule has 0 aliphatic heterocycles. The molecule has 0 fully saturated rings. The van der Waals surface area contributed by atoms with E-state index in [0.29, 0.717) is 6.10 Å². The molecular formula is C20H22OTi. The molecule has 0 bridgehead atoms. The number of allylic oxidation sites excluding steroid dienone is 4. The van der Waals surface area contributed by atoms with Crippen LogP contribution in [0.1, 0.15) is 39.7 Å². The summed E-state index contributed by atoms with van der Waals surface area (Å²) in [5.41, 5.74) is 5.74. The van der Waals surface area contributed by atoms with Crippen LogP contribution in [0.2, 0.25) is 0 Å². The van der Waals surface area contributed by atoms with Crippen LogP contribution in [0.25, 0.3) is 16.3 Å². The van der Waals surface area contributed by atoms with E-state index in [1.54, 1.807) is 0 Å². The van der Waals surface area contributed by atoms with Gasteiger partial charge in [0.25, 0.3) is 0 Å². The third-order valence-corrected chi connectivity index (χ3v) is 6.39. The first kappa shape index (κ1) is 15.7. The van der Waals surface area contributed by atoms with E-state index in [4.69, 9.17) is 3.32 Å². The van der Waals surface area contributed by atoms with Crippen LogP contribution in [0.3, 0.4) is 0 Å². The molecule has 0 amide bonds. The summed E-state index contributed by atoms with van der Waals surface area (Å²) in [5, 5.41) is 2.68. The molecule has 0 radical (unpaired) electrons. The molecule has 112 valence electrons. The van der Waals surface area contributed by atoms with Crippen molar-refractivity contribution in [3.8, 4) is 0 Å². The first-order valence-corrected chi connectivity index (χ1v) is 9.30. The Bertz CT molecular complexity index is 768. The van der Waals surface area contributed by atoms with E-state index in [0.717, 1.165) is 6.42 Å². The first-order valence-electron chi connectivity index (χ1n) is 7.88. The summed E-state index contributed by atoms with van der Waals surface area (Å²) in [6.07, 6.45) is 3.69. The molecule has 0 spiro atoms. The van der Waals surface area contributed by atoms with Crippen molar-refractivity contribution in [1.82, 2.24) is 0 Å². The zero-order valence-electron chi connectivity index (χ0n) is 13.7. The van der Waals surface area contributed by atoms with E-state index in [1.165, 1.54) is 36.9 Å². The van der Waals surface area contributed by atoms with E-state index in [-0.39, 0.29) is 0 Å². The molecule has 0 saturated carbocycles. The van der Waals surface area contributed by atoms with E-state index < -0.39 is 19.5 Å². The quantitative estimate of drug-likeness (QED) is 0.718. The zero-order chi connectivity index (χ0) is 15.7. The van der Waals surface area contributed by atoms with Crippen LogP contribution in [0.15, 0.2) is 53.6 Å². The van der Waals surface area contributed by atoms with E-state index in [9.17, 15) is 0 Å². The molecule has 0 N–H and O–H groups in total. The van der Waals surface area contributed by atoms with Gasteiger partial charge in [0.2, 0.25) is 0 Å². The van der Waals surface area contributed by atoms with Gasteiger partial charge in [0, 0.05) is 0 Å². The van der Waals surface area contributed by atoms with Crippen molar-refractivity contribution >= 4 is 20.2 Å². The molecule has 2 aromatic rings. The van der Waals surface area contributed by atoms with E-state index >= 15 is 0 Å². The predicted molar refractivity (Wildman–Crippen MR) is 90.8 cm³/mol. The van der Waals surface area contributed by atoms with Crippen molar-refractivity contribution in [2.75, 3.05) is 0 Å². The fourth-order valence-corrected chi connectivity index (χ4v) is 4.54. The number of hydrogen-bond acceptors (Lipinski definition) is 1. The topological polar surface area (TPSA) is 9.23 Å². The van der Waals surface area contributed by atoms with E-state index in [1.807, 2.05) is 0 Å². The molecule has 3 rings (SSSR count). The van der Waals surface area contributed by atoms with Crippen LogP contribution in [0, 0.1) is 0 Å². The Morgan fingerprint density at radius 1 is 1.05 bits per heavy atom. The summed E-state index contributed by atoms with van der Waals surface area (Å²) < 4.78 is 7.53. The van der Waals surface area contributed by atoms with Crippen molar-refractivity contribution in [3.05, 3.63) is 59.2 Å². The molecule has 2 heteroatoms. The number of rotatable bonds is 4. The summed E-state index contributed by atoms with van der Waals surface area (Å²) in [6, 6.07) is 13.2. The Morgan fingerprint density at radius 3 is 2.50 bits per heavy atom. The fourth-order valence-electron chi connectivity index (χ4n) is 2.92. The minimum atomic E-state index is -0.599. The van der Waals surface area contributed by atoms with Crippen LogP contribution in [-0.4, -0.2) is 6.10 Å². The maximum absolute atomic E-state index is 6.08. The van der Waals surface area contributed by atoms with Crippen molar-refractivity contribution in [2.45, 2.75) is 40.2 Å². The molecule has 1 aliphatic carbocycles. The van der Waals surface area contributed by atoms with Crippen LogP contribution in [0.5, 0.6) is 0 Å². The minimum absolute atomic E-state index is 0.297. The van der Waals surface area contributed by atoms with Crippen LogP contribution in [-0.2, 0) is 22.9 Å². The van der Waals surface area contributed by atoms with Crippen LogP contribution < -0.4 is 3.87 Å². The molecule has 2 aromatic carbocycles. The Kier molecular flexibility index (Phi) is 4.68. The maximum atomic E-state index is 6.08. The number of benzene rings is 2. The molecule has 1 nitrogen and oxygen atoms in total. The number of hydrogen-bond donors (Lipinski definition) is 0. The second-order valence-electron chi connectivity index (χ2n) is 6.17. The third-order valence-electron chi connectivity index (χ3n) is 4.31. The number of fused-ring (bicyclic) bond motifs is 1. The van der Waals surface area contributed by atoms with Gasteiger partial charge in [0.05, 0.1) is 0 Å². The normalized spacial score (nSPS) is 14.9. The molecule has 0 atom stereocenters. The van der Waals surface area contributed by atoms with Gasteiger partial charge in [-0.05, 0) is 0 Å². The predicted octanol–water partition coefficient (Wildman–Crippen LogP) is 5.01. The molecule has 0 saturated heterocycles. The van der Waals surface area contributed by atoms with Gasteiger partial charge in [-0.3, -0.25) is 0 Å². The molecule has 22 heavy (non-hydrogen) atoms. The Labute approximate surface area is 142 Å². The van der Waals surface area contributed by atoms with Crippen molar-refractivity contribution in [1.29, 1.82) is 0 Å². The first-order chi connectivity index (χ1) is 10.6. The summed E-state index contributed by atoms with van der Waals surface area (Å²) in [5.74, 6) is 0. The summed E-state index contributed by atoms with van der Waals surface area (Å²) in [6.45, 7) is 8.71. The van der Waals surface area contributed by atoms with Crippen LogP contribution in [0.4, 0.5) is 0 Å². The SMILES string of the molecule is CC1=CCC(c2ccc3ccccc3[c]2[Ti][O]C(C)C)=C1C. The second-order valence-corrected chi connectivity index (χ2v) is 7.64. The van der Waals surface area contributed by atoms with Gasteiger partial charge in [0.1, 0.15) is 0 Å². The van der Waals surface area contributed by atoms with Crippen LogP contribution >= 0.6 is 0 Å². The fraction of sp³-hybridized carbons (Fsp3) is 0.300. The van der Waals surface area contributed by atoms with E-state index in [2.05, 4.69) is 70.2 Å². The molecular weight excluding hydrogens is 304 g/mol. The summed E-state index contributed by atoms with van der Waals surface area (Å²) >= 11 is -0.599. The standard InChI is InChI=1S/C17H15.C3H7O.Ti/c1-12-7-10-17(13(12)2)16-9-8-14-5-3-4-6-15(14)11-16;1-3(2)4;/h3-9H,10H2,1-2H3;3H,1-2H3;/q;-1;+1. The van der Waals surface area contributed by atoms with Crippen molar-refractivity contribution < 1.29 is 22.9 Å².